The van der Waals surface area contributed by atoms with E-state index in [1.807, 2.05) is 12.1 Å². The topological polar surface area (TPSA) is 93.8 Å². The number of benzene rings is 1. The molecule has 7 nitrogen and oxygen atoms in total. The molecule has 3 aromatic rings. The fraction of sp³-hybridized carbons (Fsp3) is 0.300. The van der Waals surface area contributed by atoms with Gasteiger partial charge in [0.1, 0.15) is 23.7 Å². The Bertz CT molecular complexity index is 951. The molecule has 142 valence electrons. The molecular weight excluding hydrogens is 348 g/mol. The number of aromatic nitrogens is 1. The van der Waals surface area contributed by atoms with Crippen LogP contribution in [0.5, 0.6) is 11.6 Å². The van der Waals surface area contributed by atoms with E-state index in [1.165, 1.54) is 0 Å². The molecule has 0 fully saturated rings. The second kappa shape index (κ2) is 8.09. The van der Waals surface area contributed by atoms with Crippen molar-refractivity contribution in [1.29, 1.82) is 0 Å². The first-order valence-corrected chi connectivity index (χ1v) is 8.59. The summed E-state index contributed by atoms with van der Waals surface area (Å²) in [6.07, 6.45) is 1.65. The van der Waals surface area contributed by atoms with Gasteiger partial charge in [-0.2, -0.15) is 0 Å². The van der Waals surface area contributed by atoms with Crippen LogP contribution in [0, 0.1) is 6.92 Å². The number of ether oxygens (including phenoxy) is 2. The van der Waals surface area contributed by atoms with Crippen LogP contribution in [-0.4, -0.2) is 35.8 Å². The zero-order chi connectivity index (χ0) is 19.4. The van der Waals surface area contributed by atoms with E-state index < -0.39 is 0 Å². The number of furan rings is 1. The summed E-state index contributed by atoms with van der Waals surface area (Å²) in [4.78, 5) is 16.7. The molecule has 0 unspecified atom stereocenters. The fourth-order valence-electron chi connectivity index (χ4n) is 2.79. The van der Waals surface area contributed by atoms with E-state index in [4.69, 9.17) is 19.0 Å². The summed E-state index contributed by atoms with van der Waals surface area (Å²) in [5.41, 5.74) is 1.86. The molecule has 0 saturated heterocycles. The Kier molecular flexibility index (Phi) is 5.61. The number of hydrogen-bond acceptors (Lipinski definition) is 6. The lowest BCUT2D eigenvalue weighted by Crippen LogP contribution is -2.35. The highest BCUT2D eigenvalue weighted by atomic mass is 16.5. The van der Waals surface area contributed by atoms with Gasteiger partial charge in [-0.05, 0) is 44.2 Å². The number of nitrogens with zero attached hydrogens (tertiary/aromatic N) is 1. The van der Waals surface area contributed by atoms with E-state index in [1.54, 1.807) is 45.4 Å². The van der Waals surface area contributed by atoms with Crippen LogP contribution in [0.15, 0.2) is 40.9 Å². The monoisotopic (exact) mass is 370 g/mol. The third-order valence-corrected chi connectivity index (χ3v) is 4.15. The Morgan fingerprint density at radius 3 is 2.93 bits per heavy atom. The van der Waals surface area contributed by atoms with Gasteiger partial charge >= 0.3 is 0 Å². The van der Waals surface area contributed by atoms with Crippen molar-refractivity contribution in [2.45, 2.75) is 26.5 Å². The zero-order valence-electron chi connectivity index (χ0n) is 15.5. The van der Waals surface area contributed by atoms with Crippen molar-refractivity contribution in [3.8, 4) is 11.6 Å². The highest BCUT2D eigenvalue weighted by Crippen LogP contribution is 2.30. The molecule has 2 heterocycles. The molecule has 7 heteroatoms. The average Bonchev–Trinajstić information content (AvgIpc) is 3.01. The number of pyridine rings is 1. The molecule has 1 atom stereocenters. The number of fused-ring (bicyclic) bond motifs is 1. The fourth-order valence-corrected chi connectivity index (χ4v) is 2.79. The van der Waals surface area contributed by atoms with Crippen LogP contribution in [0.2, 0.25) is 0 Å². The van der Waals surface area contributed by atoms with Gasteiger partial charge in [-0.1, -0.05) is 0 Å². The van der Waals surface area contributed by atoms with Crippen molar-refractivity contribution in [3.63, 3.8) is 0 Å². The second-order valence-electron chi connectivity index (χ2n) is 6.21. The number of methoxy groups -OCH3 is 1. The molecule has 0 aliphatic rings. The molecule has 1 aromatic carbocycles. The van der Waals surface area contributed by atoms with Crippen molar-refractivity contribution in [2.24, 2.45) is 0 Å². The van der Waals surface area contributed by atoms with E-state index in [-0.39, 0.29) is 25.2 Å². The van der Waals surface area contributed by atoms with Crippen molar-refractivity contribution in [2.75, 3.05) is 13.7 Å². The standard InChI is InChI=1S/C20H22N2O5/c1-12(10-23)22-19(24)18-13(2)27-17-7-6-15(9-16(17)18)26-11-14-5-4-8-21-20(14)25-3/h4-9,12,23H,10-11H2,1-3H3,(H,22,24)/t12-/m0/s1. The van der Waals surface area contributed by atoms with E-state index in [9.17, 15) is 4.79 Å². The minimum absolute atomic E-state index is 0.137. The van der Waals surface area contributed by atoms with Crippen LogP contribution < -0.4 is 14.8 Å². The second-order valence-corrected chi connectivity index (χ2v) is 6.21. The Morgan fingerprint density at radius 1 is 1.37 bits per heavy atom. The Labute approximate surface area is 156 Å². The molecule has 0 aliphatic carbocycles. The van der Waals surface area contributed by atoms with E-state index in [2.05, 4.69) is 10.3 Å². The first-order chi connectivity index (χ1) is 13.0. The molecule has 1 amide bonds. The van der Waals surface area contributed by atoms with E-state index in [0.717, 1.165) is 5.56 Å². The van der Waals surface area contributed by atoms with Crippen molar-refractivity contribution < 1.29 is 23.8 Å². The van der Waals surface area contributed by atoms with Crippen LogP contribution in [0.3, 0.4) is 0 Å². The maximum atomic E-state index is 12.5. The number of carbonyl (C=O) groups is 1. The number of aliphatic hydroxyl groups excluding tert-OH is 1. The van der Waals surface area contributed by atoms with Gasteiger partial charge in [0.05, 0.1) is 24.8 Å². The number of aryl methyl sites for hydroxylation is 1. The molecule has 0 spiro atoms. The summed E-state index contributed by atoms with van der Waals surface area (Å²) in [6, 6.07) is 8.67. The maximum absolute atomic E-state index is 12.5. The maximum Gasteiger partial charge on any atom is 0.255 e. The first kappa shape index (κ1) is 18.7. The Balaban J connectivity index is 1.86. The van der Waals surface area contributed by atoms with Gasteiger partial charge in [0.25, 0.3) is 5.91 Å². The summed E-state index contributed by atoms with van der Waals surface area (Å²) in [6.45, 7) is 3.61. The smallest absolute Gasteiger partial charge is 0.255 e. The predicted octanol–water partition coefficient (Wildman–Crippen LogP) is 2.83. The lowest BCUT2D eigenvalue weighted by Gasteiger charge is -2.11. The first-order valence-electron chi connectivity index (χ1n) is 8.59. The highest BCUT2D eigenvalue weighted by Gasteiger charge is 2.20. The minimum Gasteiger partial charge on any atom is -0.489 e. The normalized spacial score (nSPS) is 12.0. The molecule has 0 saturated carbocycles. The quantitative estimate of drug-likeness (QED) is 0.664. The van der Waals surface area contributed by atoms with Crippen LogP contribution in [-0.2, 0) is 6.61 Å². The molecule has 3 rings (SSSR count). The van der Waals surface area contributed by atoms with Gasteiger partial charge in [0.15, 0.2) is 0 Å². The molecule has 2 N–H and O–H groups in total. The molecule has 0 radical (unpaired) electrons. The number of nitrogens with one attached hydrogen (secondary N) is 1. The number of hydrogen-bond donors (Lipinski definition) is 2. The van der Waals surface area contributed by atoms with Gasteiger partial charge in [0.2, 0.25) is 5.88 Å². The lowest BCUT2D eigenvalue weighted by molar-refractivity contribution is 0.0922. The molecular formula is C20H22N2O5. The highest BCUT2D eigenvalue weighted by molar-refractivity contribution is 6.07. The van der Waals surface area contributed by atoms with Crippen LogP contribution in [0.25, 0.3) is 11.0 Å². The Morgan fingerprint density at radius 2 is 2.19 bits per heavy atom. The molecule has 0 bridgehead atoms. The third-order valence-electron chi connectivity index (χ3n) is 4.15. The van der Waals surface area contributed by atoms with Crippen LogP contribution in [0.1, 0.15) is 28.6 Å². The Hall–Kier alpha value is -3.06. The van der Waals surface area contributed by atoms with Crippen molar-refractivity contribution >= 4 is 16.9 Å². The van der Waals surface area contributed by atoms with Crippen LogP contribution >= 0.6 is 0 Å². The number of rotatable bonds is 7. The number of amides is 1. The summed E-state index contributed by atoms with van der Waals surface area (Å²) in [5, 5.41) is 12.6. The van der Waals surface area contributed by atoms with E-state index in [0.29, 0.717) is 33.9 Å². The van der Waals surface area contributed by atoms with Gasteiger partial charge in [-0.25, -0.2) is 4.98 Å². The number of aliphatic hydroxyl groups is 1. The number of carbonyl (C=O) groups excluding carboxylic acids is 1. The lowest BCUT2D eigenvalue weighted by atomic mass is 10.1. The van der Waals surface area contributed by atoms with Gasteiger partial charge in [0, 0.05) is 17.6 Å². The summed E-state index contributed by atoms with van der Waals surface area (Å²) >= 11 is 0. The average molecular weight is 370 g/mol. The molecule has 0 aliphatic heterocycles. The van der Waals surface area contributed by atoms with Gasteiger partial charge < -0.3 is 24.3 Å². The van der Waals surface area contributed by atoms with Gasteiger partial charge in [-0.3, -0.25) is 4.79 Å². The van der Waals surface area contributed by atoms with Crippen LogP contribution in [0.4, 0.5) is 0 Å². The minimum atomic E-state index is -0.348. The van der Waals surface area contributed by atoms with Crippen molar-refractivity contribution in [1.82, 2.24) is 10.3 Å². The van der Waals surface area contributed by atoms with E-state index >= 15 is 0 Å². The van der Waals surface area contributed by atoms with Crippen molar-refractivity contribution in [3.05, 3.63) is 53.4 Å². The van der Waals surface area contributed by atoms with Gasteiger partial charge in [-0.15, -0.1) is 0 Å². The molecule has 2 aromatic heterocycles. The SMILES string of the molecule is COc1ncccc1COc1ccc2oc(C)c(C(=O)N[C@@H](C)CO)c2c1. The predicted molar refractivity (Wildman–Crippen MR) is 100 cm³/mol. The third kappa shape index (κ3) is 4.03. The zero-order valence-corrected chi connectivity index (χ0v) is 15.5. The summed E-state index contributed by atoms with van der Waals surface area (Å²) in [7, 11) is 1.56. The summed E-state index contributed by atoms with van der Waals surface area (Å²) < 4.78 is 16.8. The molecule has 27 heavy (non-hydrogen) atoms. The largest absolute Gasteiger partial charge is 0.489 e. The summed E-state index contributed by atoms with van der Waals surface area (Å²) in [5.74, 6) is 1.33.